The molecule has 1 aromatic rings. The molecule has 21 heavy (non-hydrogen) atoms. The highest BCUT2D eigenvalue weighted by atomic mass is 16.6. The molecule has 0 bridgehead atoms. The Morgan fingerprint density at radius 1 is 1.33 bits per heavy atom. The number of rotatable bonds is 2. The van der Waals surface area contributed by atoms with Crippen LogP contribution in [0.15, 0.2) is 18.5 Å². The van der Waals surface area contributed by atoms with Crippen LogP contribution < -0.4 is 11.1 Å². The maximum absolute atomic E-state index is 11.9. The van der Waals surface area contributed by atoms with Crippen LogP contribution in [0.1, 0.15) is 57.9 Å². The zero-order valence-corrected chi connectivity index (χ0v) is 13.1. The summed E-state index contributed by atoms with van der Waals surface area (Å²) >= 11 is 0. The third-order valence-corrected chi connectivity index (χ3v) is 3.70. The van der Waals surface area contributed by atoms with E-state index >= 15 is 0 Å². The van der Waals surface area contributed by atoms with Crippen LogP contribution >= 0.6 is 0 Å². The molecule has 1 heterocycles. The van der Waals surface area contributed by atoms with Gasteiger partial charge in [0, 0.05) is 12.2 Å². The molecule has 0 unspecified atom stereocenters. The molecule has 1 fully saturated rings. The van der Waals surface area contributed by atoms with Gasteiger partial charge in [0.1, 0.15) is 5.60 Å². The van der Waals surface area contributed by atoms with Crippen molar-refractivity contribution in [1.29, 1.82) is 0 Å². The molecular formula is C16H25N3O2. The van der Waals surface area contributed by atoms with Crippen LogP contribution in [0.3, 0.4) is 0 Å². The average Bonchev–Trinajstić information content (AvgIpc) is 2.38. The second-order valence-corrected chi connectivity index (χ2v) is 6.70. The van der Waals surface area contributed by atoms with E-state index in [4.69, 9.17) is 10.5 Å². The number of aromatic nitrogens is 1. The summed E-state index contributed by atoms with van der Waals surface area (Å²) in [6, 6.07) is 2.29. The third kappa shape index (κ3) is 4.70. The Morgan fingerprint density at radius 3 is 2.62 bits per heavy atom. The predicted molar refractivity (Wildman–Crippen MR) is 83.3 cm³/mol. The molecule has 0 atom stereocenters. The smallest absolute Gasteiger partial charge is 0.412 e. The number of hydrogen-bond donors (Lipinski definition) is 2. The number of pyridine rings is 1. The summed E-state index contributed by atoms with van der Waals surface area (Å²) in [7, 11) is 0. The lowest BCUT2D eigenvalue weighted by molar-refractivity contribution is 0.0635. The van der Waals surface area contributed by atoms with Gasteiger partial charge in [0.15, 0.2) is 0 Å². The van der Waals surface area contributed by atoms with E-state index < -0.39 is 11.7 Å². The van der Waals surface area contributed by atoms with Crippen molar-refractivity contribution in [1.82, 2.24) is 4.98 Å². The predicted octanol–water partition coefficient (Wildman–Crippen LogP) is 3.41. The van der Waals surface area contributed by atoms with Crippen molar-refractivity contribution in [2.45, 2.75) is 64.0 Å². The second kappa shape index (κ2) is 6.43. The summed E-state index contributed by atoms with van der Waals surface area (Å²) in [4.78, 5) is 16.0. The van der Waals surface area contributed by atoms with E-state index in [0.717, 1.165) is 36.9 Å². The zero-order chi connectivity index (χ0) is 15.5. The van der Waals surface area contributed by atoms with Gasteiger partial charge in [0.25, 0.3) is 0 Å². The summed E-state index contributed by atoms with van der Waals surface area (Å²) in [5.74, 6) is 0.428. The highest BCUT2D eigenvalue weighted by molar-refractivity contribution is 5.85. The number of nitrogens with two attached hydrogens (primary N) is 1. The number of amides is 1. The molecule has 5 nitrogen and oxygen atoms in total. The number of carbonyl (C=O) groups is 1. The molecule has 5 heteroatoms. The number of nitrogens with one attached hydrogen (secondary N) is 1. The van der Waals surface area contributed by atoms with Gasteiger partial charge in [0.2, 0.25) is 0 Å². The number of anilines is 1. The lowest BCUT2D eigenvalue weighted by atomic mass is 9.82. The van der Waals surface area contributed by atoms with Crippen LogP contribution in [0.2, 0.25) is 0 Å². The quantitative estimate of drug-likeness (QED) is 0.875. The van der Waals surface area contributed by atoms with Gasteiger partial charge in [-0.05, 0) is 64.0 Å². The first kappa shape index (κ1) is 15.8. The first-order valence-corrected chi connectivity index (χ1v) is 7.54. The molecule has 0 spiro atoms. The minimum absolute atomic E-state index is 0.311. The Bertz CT molecular complexity index is 489. The second-order valence-electron chi connectivity index (χ2n) is 6.70. The molecule has 0 radical (unpaired) electrons. The molecule has 116 valence electrons. The normalized spacial score (nSPS) is 22.7. The van der Waals surface area contributed by atoms with E-state index in [9.17, 15) is 4.79 Å². The molecule has 2 rings (SSSR count). The molecule has 1 saturated carbocycles. The first-order chi connectivity index (χ1) is 9.85. The zero-order valence-electron chi connectivity index (χ0n) is 13.1. The third-order valence-electron chi connectivity index (χ3n) is 3.70. The number of ether oxygens (including phenoxy) is 1. The fraction of sp³-hybridized carbons (Fsp3) is 0.625. The van der Waals surface area contributed by atoms with E-state index in [-0.39, 0.29) is 0 Å². The fourth-order valence-corrected chi connectivity index (χ4v) is 2.71. The molecule has 0 saturated heterocycles. The van der Waals surface area contributed by atoms with Crippen LogP contribution in [0, 0.1) is 0 Å². The number of nitrogens with zero attached hydrogens (tertiary/aromatic N) is 1. The van der Waals surface area contributed by atoms with Gasteiger partial charge in [-0.2, -0.15) is 0 Å². The van der Waals surface area contributed by atoms with Crippen LogP contribution in [0.4, 0.5) is 10.5 Å². The van der Waals surface area contributed by atoms with Crippen molar-refractivity contribution in [2.75, 3.05) is 5.32 Å². The van der Waals surface area contributed by atoms with E-state index in [1.54, 1.807) is 12.4 Å². The van der Waals surface area contributed by atoms with Crippen LogP contribution in [-0.2, 0) is 4.74 Å². The molecule has 1 aliphatic carbocycles. The number of hydrogen-bond acceptors (Lipinski definition) is 4. The average molecular weight is 291 g/mol. The minimum Gasteiger partial charge on any atom is -0.444 e. The van der Waals surface area contributed by atoms with Crippen molar-refractivity contribution in [2.24, 2.45) is 5.73 Å². The van der Waals surface area contributed by atoms with Gasteiger partial charge in [-0.3, -0.25) is 10.3 Å². The summed E-state index contributed by atoms with van der Waals surface area (Å²) in [5.41, 5.74) is 7.32. The maximum Gasteiger partial charge on any atom is 0.412 e. The van der Waals surface area contributed by atoms with E-state index in [1.807, 2.05) is 26.8 Å². The van der Waals surface area contributed by atoms with Gasteiger partial charge in [-0.15, -0.1) is 0 Å². The molecule has 0 aromatic carbocycles. The SMILES string of the molecule is CC(C)(C)OC(=O)Nc1cnccc1C1CCC(N)CC1. The Labute approximate surface area is 126 Å². The van der Waals surface area contributed by atoms with Crippen LogP contribution in [0.25, 0.3) is 0 Å². The highest BCUT2D eigenvalue weighted by Gasteiger charge is 2.23. The van der Waals surface area contributed by atoms with E-state index in [2.05, 4.69) is 10.3 Å². The Morgan fingerprint density at radius 2 is 2.00 bits per heavy atom. The molecule has 1 aromatic heterocycles. The lowest BCUT2D eigenvalue weighted by Gasteiger charge is -2.28. The van der Waals surface area contributed by atoms with Crippen LogP contribution in [-0.4, -0.2) is 22.7 Å². The topological polar surface area (TPSA) is 77.2 Å². The summed E-state index contributed by atoms with van der Waals surface area (Å²) in [6.07, 6.45) is 7.17. The lowest BCUT2D eigenvalue weighted by Crippen LogP contribution is -2.28. The van der Waals surface area contributed by atoms with Crippen molar-refractivity contribution in [3.63, 3.8) is 0 Å². The number of carbonyl (C=O) groups excluding carboxylic acids is 1. The summed E-state index contributed by atoms with van der Waals surface area (Å²) in [5, 5.41) is 2.82. The largest absolute Gasteiger partial charge is 0.444 e. The molecule has 1 amide bonds. The molecule has 1 aliphatic rings. The Balaban J connectivity index is 2.08. The van der Waals surface area contributed by atoms with Crippen LogP contribution in [0.5, 0.6) is 0 Å². The van der Waals surface area contributed by atoms with E-state index in [0.29, 0.717) is 12.0 Å². The van der Waals surface area contributed by atoms with Crippen molar-refractivity contribution in [3.8, 4) is 0 Å². The van der Waals surface area contributed by atoms with Gasteiger partial charge < -0.3 is 10.5 Å². The fourth-order valence-electron chi connectivity index (χ4n) is 2.71. The van der Waals surface area contributed by atoms with Gasteiger partial charge in [0.05, 0.1) is 11.9 Å². The standard InChI is InChI=1S/C16H25N3O2/c1-16(2,3)21-15(20)19-14-10-18-9-8-13(14)11-4-6-12(17)7-5-11/h8-12H,4-7,17H2,1-3H3,(H,19,20). The molecular weight excluding hydrogens is 266 g/mol. The van der Waals surface area contributed by atoms with Crippen molar-refractivity contribution < 1.29 is 9.53 Å². The summed E-state index contributed by atoms with van der Waals surface area (Å²) < 4.78 is 5.30. The molecule has 3 N–H and O–H groups in total. The van der Waals surface area contributed by atoms with Gasteiger partial charge >= 0.3 is 6.09 Å². The van der Waals surface area contributed by atoms with E-state index in [1.165, 1.54) is 0 Å². The van der Waals surface area contributed by atoms with Gasteiger partial charge in [-0.25, -0.2) is 4.79 Å². The first-order valence-electron chi connectivity index (χ1n) is 7.54. The minimum atomic E-state index is -0.510. The molecule has 0 aliphatic heterocycles. The van der Waals surface area contributed by atoms with Crippen molar-refractivity contribution in [3.05, 3.63) is 24.0 Å². The Hall–Kier alpha value is -1.62. The maximum atomic E-state index is 11.9. The van der Waals surface area contributed by atoms with Gasteiger partial charge in [-0.1, -0.05) is 0 Å². The Kier molecular flexibility index (Phi) is 4.83. The monoisotopic (exact) mass is 291 g/mol. The summed E-state index contributed by atoms with van der Waals surface area (Å²) in [6.45, 7) is 5.54. The highest BCUT2D eigenvalue weighted by Crippen LogP contribution is 2.35. The van der Waals surface area contributed by atoms with Crippen molar-refractivity contribution >= 4 is 11.8 Å².